The van der Waals surface area contributed by atoms with E-state index in [-0.39, 0.29) is 33.5 Å². The van der Waals surface area contributed by atoms with E-state index in [1.165, 1.54) is 18.2 Å². The van der Waals surface area contributed by atoms with Gasteiger partial charge in [0.25, 0.3) is 0 Å². The van der Waals surface area contributed by atoms with Crippen LogP contribution in [0.3, 0.4) is 0 Å². The number of oxazole rings is 1. The average Bonchev–Trinajstić information content (AvgIpc) is 3.36. The quantitative estimate of drug-likeness (QED) is 0.194. The standard InChI is InChI=1S/C21H11ClN2O11S/c22-11-6-9-5-10(21(29)34-17(9)18(16(11)27)36(30,31)32)19-23-12-2-1-8(7-13(12)33-19)20(28)35-24-14(25)3-4-15(24)26/h1-7,25-27H,(H,30,31,32). The minimum Gasteiger partial charge on any atom is -0.505 e. The van der Waals surface area contributed by atoms with Gasteiger partial charge in [-0.15, -0.1) is 4.73 Å². The van der Waals surface area contributed by atoms with E-state index in [2.05, 4.69) is 4.98 Å². The first-order chi connectivity index (χ1) is 16.9. The molecule has 0 aliphatic carbocycles. The van der Waals surface area contributed by atoms with Gasteiger partial charge in [-0.3, -0.25) is 4.55 Å². The van der Waals surface area contributed by atoms with Gasteiger partial charge in [-0.05, 0) is 30.3 Å². The molecule has 36 heavy (non-hydrogen) atoms. The maximum Gasteiger partial charge on any atom is 0.364 e. The normalized spacial score (nSPS) is 11.8. The highest BCUT2D eigenvalue weighted by Gasteiger charge is 2.26. The molecule has 0 saturated carbocycles. The lowest BCUT2D eigenvalue weighted by Crippen LogP contribution is -2.18. The zero-order chi connectivity index (χ0) is 25.9. The summed E-state index contributed by atoms with van der Waals surface area (Å²) in [7, 11) is -5.02. The van der Waals surface area contributed by atoms with Crippen molar-refractivity contribution >= 4 is 49.8 Å². The van der Waals surface area contributed by atoms with E-state index in [4.69, 9.17) is 25.3 Å². The highest BCUT2D eigenvalue weighted by Crippen LogP contribution is 2.38. The number of halogens is 1. The van der Waals surface area contributed by atoms with Crippen LogP contribution in [0.25, 0.3) is 33.5 Å². The monoisotopic (exact) mass is 534 g/mol. The van der Waals surface area contributed by atoms with E-state index in [1.807, 2.05) is 0 Å². The summed E-state index contributed by atoms with van der Waals surface area (Å²) in [5, 5.41) is 28.7. The van der Waals surface area contributed by atoms with Crippen LogP contribution >= 0.6 is 11.6 Å². The van der Waals surface area contributed by atoms with Crippen LogP contribution in [0.15, 0.2) is 61.0 Å². The summed E-state index contributed by atoms with van der Waals surface area (Å²) in [6.07, 6.45) is 0. The zero-order valence-electron chi connectivity index (χ0n) is 17.4. The van der Waals surface area contributed by atoms with Gasteiger partial charge in [-0.2, -0.15) is 8.42 Å². The number of fused-ring (bicyclic) bond motifs is 2. The number of phenolic OH excluding ortho intramolecular Hbond substituents is 1. The molecule has 3 aromatic heterocycles. The number of carbonyl (C=O) groups excluding carboxylic acids is 1. The van der Waals surface area contributed by atoms with Crippen molar-refractivity contribution in [2.45, 2.75) is 4.90 Å². The lowest BCUT2D eigenvalue weighted by atomic mass is 10.1. The van der Waals surface area contributed by atoms with Crippen LogP contribution in [0.4, 0.5) is 0 Å². The SMILES string of the molecule is O=C(On1c(O)ccc1O)c1ccc2nc(-c3cc4cc(Cl)c(O)c(S(=O)(=O)O)c4oc3=O)oc2c1. The number of rotatable bonds is 4. The largest absolute Gasteiger partial charge is 0.505 e. The van der Waals surface area contributed by atoms with Crippen molar-refractivity contribution in [1.29, 1.82) is 0 Å². The topological polar surface area (TPSA) is 203 Å². The minimum atomic E-state index is -5.02. The third-order valence-corrected chi connectivity index (χ3v) is 6.17. The Bertz CT molecular complexity index is 1870. The number of aromatic nitrogens is 2. The molecule has 0 atom stereocenters. The summed E-state index contributed by atoms with van der Waals surface area (Å²) in [5.41, 5.74) is -1.79. The van der Waals surface area contributed by atoms with Gasteiger partial charge in [0.2, 0.25) is 17.7 Å². The van der Waals surface area contributed by atoms with E-state index in [9.17, 15) is 37.9 Å². The summed E-state index contributed by atoms with van der Waals surface area (Å²) in [5.74, 6) is -3.25. The fourth-order valence-corrected chi connectivity index (χ4v) is 4.39. The highest BCUT2D eigenvalue weighted by atomic mass is 35.5. The second-order valence-electron chi connectivity index (χ2n) is 7.30. The zero-order valence-corrected chi connectivity index (χ0v) is 18.9. The Kier molecular flexibility index (Phi) is 5.17. The van der Waals surface area contributed by atoms with E-state index in [1.54, 1.807) is 0 Å². The molecule has 2 aromatic carbocycles. The van der Waals surface area contributed by atoms with E-state index >= 15 is 0 Å². The molecule has 5 aromatic rings. The second-order valence-corrected chi connectivity index (χ2v) is 9.07. The van der Waals surface area contributed by atoms with Crippen molar-refractivity contribution < 1.29 is 46.8 Å². The van der Waals surface area contributed by atoms with Crippen LogP contribution in [0.5, 0.6) is 17.5 Å². The van der Waals surface area contributed by atoms with E-state index < -0.39 is 54.7 Å². The molecule has 15 heteroatoms. The first-order valence-electron chi connectivity index (χ1n) is 9.64. The van der Waals surface area contributed by atoms with E-state index in [0.29, 0.717) is 4.73 Å². The van der Waals surface area contributed by atoms with Crippen LogP contribution in [0.1, 0.15) is 10.4 Å². The molecule has 0 aliphatic heterocycles. The summed E-state index contributed by atoms with van der Waals surface area (Å²) in [6.45, 7) is 0. The Balaban J connectivity index is 1.58. The van der Waals surface area contributed by atoms with Crippen molar-refractivity contribution in [3.63, 3.8) is 0 Å². The second kappa shape index (κ2) is 8.01. The number of benzene rings is 2. The highest BCUT2D eigenvalue weighted by molar-refractivity contribution is 7.86. The molecule has 3 heterocycles. The van der Waals surface area contributed by atoms with E-state index in [0.717, 1.165) is 24.3 Å². The van der Waals surface area contributed by atoms with Gasteiger partial charge < -0.3 is 29.0 Å². The molecule has 5 rings (SSSR count). The fourth-order valence-electron chi connectivity index (χ4n) is 3.38. The Labute approximate surface area is 203 Å². The molecule has 0 fully saturated rings. The van der Waals surface area contributed by atoms with Gasteiger partial charge in [0.1, 0.15) is 11.1 Å². The molecule has 184 valence electrons. The van der Waals surface area contributed by atoms with Crippen LogP contribution in [0, 0.1) is 0 Å². The van der Waals surface area contributed by atoms with Crippen LogP contribution in [0.2, 0.25) is 5.02 Å². The maximum absolute atomic E-state index is 12.6. The van der Waals surface area contributed by atoms with Crippen molar-refractivity contribution in [2.24, 2.45) is 0 Å². The molecule has 0 unspecified atom stereocenters. The van der Waals surface area contributed by atoms with Crippen molar-refractivity contribution in [3.05, 3.63) is 63.5 Å². The lowest BCUT2D eigenvalue weighted by Gasteiger charge is -2.07. The van der Waals surface area contributed by atoms with Crippen molar-refractivity contribution in [2.75, 3.05) is 0 Å². The minimum absolute atomic E-state index is 0.0438. The number of aromatic hydroxyl groups is 3. The summed E-state index contributed by atoms with van der Waals surface area (Å²) in [4.78, 5) is 33.0. The van der Waals surface area contributed by atoms with Gasteiger partial charge >= 0.3 is 21.7 Å². The van der Waals surface area contributed by atoms with Crippen molar-refractivity contribution in [1.82, 2.24) is 9.71 Å². The van der Waals surface area contributed by atoms with Gasteiger partial charge in [0.15, 0.2) is 21.8 Å². The predicted octanol–water partition coefficient (Wildman–Crippen LogP) is 2.69. The first kappa shape index (κ1) is 23.2. The number of hydrogen-bond acceptors (Lipinski definition) is 11. The molecule has 0 bridgehead atoms. The Morgan fingerprint density at radius 3 is 2.39 bits per heavy atom. The molecular weight excluding hydrogens is 524 g/mol. The molecule has 0 radical (unpaired) electrons. The van der Waals surface area contributed by atoms with Gasteiger partial charge in [0, 0.05) is 17.5 Å². The molecule has 0 amide bonds. The summed E-state index contributed by atoms with van der Waals surface area (Å²) >= 11 is 5.86. The number of carbonyl (C=O) groups is 1. The molecule has 0 spiro atoms. The summed E-state index contributed by atoms with van der Waals surface area (Å²) in [6, 6.07) is 8.39. The van der Waals surface area contributed by atoms with Gasteiger partial charge in [-0.1, -0.05) is 11.6 Å². The third-order valence-electron chi connectivity index (χ3n) is 4.99. The molecule has 4 N–H and O–H groups in total. The maximum atomic E-state index is 12.6. The Morgan fingerprint density at radius 2 is 1.72 bits per heavy atom. The Morgan fingerprint density at radius 1 is 1.03 bits per heavy atom. The lowest BCUT2D eigenvalue weighted by molar-refractivity contribution is 0.0382. The van der Waals surface area contributed by atoms with Crippen molar-refractivity contribution in [3.8, 4) is 29.0 Å². The van der Waals surface area contributed by atoms with Gasteiger partial charge in [-0.25, -0.2) is 14.6 Å². The fraction of sp³-hybridized carbons (Fsp3) is 0. The molecule has 13 nitrogen and oxygen atoms in total. The van der Waals surface area contributed by atoms with Crippen LogP contribution in [-0.2, 0) is 10.1 Å². The molecule has 0 aliphatic rings. The molecular formula is C21H11ClN2O11S. The van der Waals surface area contributed by atoms with Crippen LogP contribution in [-0.4, -0.2) is 44.0 Å². The predicted molar refractivity (Wildman–Crippen MR) is 121 cm³/mol. The number of phenols is 1. The molecule has 0 saturated heterocycles. The third kappa shape index (κ3) is 3.78. The summed E-state index contributed by atoms with van der Waals surface area (Å²) < 4.78 is 44.0. The van der Waals surface area contributed by atoms with Gasteiger partial charge in [0.05, 0.1) is 10.6 Å². The number of nitrogens with zero attached hydrogens (tertiary/aromatic N) is 2. The number of hydrogen-bond donors (Lipinski definition) is 4. The average molecular weight is 535 g/mol. The Hall–Kier alpha value is -4.53. The first-order valence-corrected chi connectivity index (χ1v) is 11.5. The smallest absolute Gasteiger partial charge is 0.364 e. The van der Waals surface area contributed by atoms with Crippen LogP contribution < -0.4 is 10.5 Å².